The first kappa shape index (κ1) is 23.0. The van der Waals surface area contributed by atoms with Gasteiger partial charge in [-0.3, -0.25) is 4.98 Å². The molecule has 2 aromatic heterocycles. The molecule has 0 spiro atoms. The third-order valence-electron chi connectivity index (χ3n) is 6.41. The minimum absolute atomic E-state index is 0.493. The van der Waals surface area contributed by atoms with Crippen LogP contribution in [0.1, 0.15) is 47.7 Å². The summed E-state index contributed by atoms with van der Waals surface area (Å²) in [6.07, 6.45) is 2.63. The summed E-state index contributed by atoms with van der Waals surface area (Å²) in [7, 11) is 3.46. The van der Waals surface area contributed by atoms with Crippen molar-refractivity contribution >= 4 is 11.0 Å². The van der Waals surface area contributed by atoms with Gasteiger partial charge in [-0.05, 0) is 60.6 Å². The number of rotatable bonds is 8. The van der Waals surface area contributed by atoms with E-state index in [2.05, 4.69) is 73.6 Å². The van der Waals surface area contributed by atoms with Crippen LogP contribution in [0, 0.1) is 13.8 Å². The Hall–Kier alpha value is -3.18. The molecule has 0 N–H and O–H groups in total. The monoisotopic (exact) mass is 443 g/mol. The lowest BCUT2D eigenvalue weighted by atomic mass is 9.98. The maximum absolute atomic E-state index is 5.89. The van der Waals surface area contributed by atoms with Gasteiger partial charge in [0.2, 0.25) is 0 Å². The van der Waals surface area contributed by atoms with E-state index in [1.165, 1.54) is 22.3 Å². The zero-order valence-electron chi connectivity index (χ0n) is 20.5. The molecular weight excluding hydrogens is 410 g/mol. The molecule has 0 amide bonds. The smallest absolute Gasteiger partial charge is 0.145 e. The highest BCUT2D eigenvalue weighted by Crippen LogP contribution is 2.36. The Morgan fingerprint density at radius 3 is 2.39 bits per heavy atom. The number of hydrogen-bond donors (Lipinski definition) is 0. The van der Waals surface area contributed by atoms with Gasteiger partial charge in [0.1, 0.15) is 17.1 Å². The normalized spacial score (nSPS) is 11.5. The summed E-state index contributed by atoms with van der Waals surface area (Å²) in [5.74, 6) is 2.27. The Kier molecular flexibility index (Phi) is 6.80. The van der Waals surface area contributed by atoms with Gasteiger partial charge in [0.25, 0.3) is 0 Å². The molecule has 0 saturated heterocycles. The van der Waals surface area contributed by atoms with Gasteiger partial charge in [0.15, 0.2) is 0 Å². The van der Waals surface area contributed by atoms with Crippen molar-refractivity contribution in [2.24, 2.45) is 0 Å². The molecule has 0 aliphatic rings. The highest BCUT2D eigenvalue weighted by atomic mass is 16.5. The molecule has 0 unspecified atom stereocenters. The standard InChI is InChI=1S/C28H33N3O2/c1-18(2)21-9-11-22(12-10-21)28-30-26-19(3)24(16-23-8-7-13-29-20(23)4)17-25(33-6)27(26)31(28)14-15-32-5/h7-13,17-18H,14-16H2,1-6H3. The van der Waals surface area contributed by atoms with Crippen LogP contribution in [0.25, 0.3) is 22.4 Å². The highest BCUT2D eigenvalue weighted by Gasteiger charge is 2.21. The fourth-order valence-electron chi connectivity index (χ4n) is 4.34. The van der Waals surface area contributed by atoms with Crippen molar-refractivity contribution in [1.82, 2.24) is 14.5 Å². The number of methoxy groups -OCH3 is 2. The Labute approximate surface area is 196 Å². The van der Waals surface area contributed by atoms with Crippen molar-refractivity contribution in [2.45, 2.75) is 46.6 Å². The maximum atomic E-state index is 5.89. The van der Waals surface area contributed by atoms with E-state index in [4.69, 9.17) is 14.5 Å². The average Bonchev–Trinajstić information content (AvgIpc) is 3.20. The zero-order chi connectivity index (χ0) is 23.5. The van der Waals surface area contributed by atoms with E-state index in [1.54, 1.807) is 14.2 Å². The van der Waals surface area contributed by atoms with E-state index < -0.39 is 0 Å². The van der Waals surface area contributed by atoms with E-state index >= 15 is 0 Å². The number of hydrogen-bond acceptors (Lipinski definition) is 4. The minimum Gasteiger partial charge on any atom is -0.494 e. The van der Waals surface area contributed by atoms with Crippen LogP contribution in [0.2, 0.25) is 0 Å². The molecule has 0 atom stereocenters. The second-order valence-corrected chi connectivity index (χ2v) is 8.84. The molecular formula is C28H33N3O2. The summed E-state index contributed by atoms with van der Waals surface area (Å²) in [5.41, 5.74) is 9.04. The fourth-order valence-corrected chi connectivity index (χ4v) is 4.34. The van der Waals surface area contributed by atoms with Crippen molar-refractivity contribution < 1.29 is 9.47 Å². The van der Waals surface area contributed by atoms with E-state index in [0.717, 1.165) is 40.3 Å². The number of pyridine rings is 1. The molecule has 4 aromatic rings. The summed E-state index contributed by atoms with van der Waals surface area (Å²) in [6, 6.07) is 15.0. The third-order valence-corrected chi connectivity index (χ3v) is 6.41. The quantitative estimate of drug-likeness (QED) is 0.331. The summed E-state index contributed by atoms with van der Waals surface area (Å²) < 4.78 is 13.6. The molecule has 172 valence electrons. The molecule has 0 aliphatic heterocycles. The van der Waals surface area contributed by atoms with Gasteiger partial charge in [-0.2, -0.15) is 0 Å². The van der Waals surface area contributed by atoms with Gasteiger partial charge in [-0.15, -0.1) is 0 Å². The molecule has 4 rings (SSSR count). The molecule has 0 radical (unpaired) electrons. The predicted octanol–water partition coefficient (Wildman–Crippen LogP) is 6.08. The number of imidazole rings is 1. The van der Waals surface area contributed by atoms with Crippen molar-refractivity contribution in [3.05, 3.63) is 76.6 Å². The minimum atomic E-state index is 0.493. The first-order valence-electron chi connectivity index (χ1n) is 11.5. The van der Waals surface area contributed by atoms with Crippen molar-refractivity contribution in [3.63, 3.8) is 0 Å². The van der Waals surface area contributed by atoms with Gasteiger partial charge in [-0.25, -0.2) is 4.98 Å². The average molecular weight is 444 g/mol. The zero-order valence-corrected chi connectivity index (χ0v) is 20.5. The van der Waals surface area contributed by atoms with Crippen LogP contribution >= 0.6 is 0 Å². The molecule has 0 bridgehead atoms. The van der Waals surface area contributed by atoms with E-state index in [0.29, 0.717) is 19.1 Å². The Balaban J connectivity index is 1.90. The predicted molar refractivity (Wildman–Crippen MR) is 134 cm³/mol. The van der Waals surface area contributed by atoms with Crippen LogP contribution < -0.4 is 4.74 Å². The number of benzene rings is 2. The second-order valence-electron chi connectivity index (χ2n) is 8.84. The van der Waals surface area contributed by atoms with Gasteiger partial charge in [-0.1, -0.05) is 44.2 Å². The lowest BCUT2D eigenvalue weighted by Crippen LogP contribution is -2.07. The molecule has 0 saturated carbocycles. The first-order valence-corrected chi connectivity index (χ1v) is 11.5. The van der Waals surface area contributed by atoms with Crippen LogP contribution in [0.4, 0.5) is 0 Å². The van der Waals surface area contributed by atoms with Gasteiger partial charge in [0, 0.05) is 31.1 Å². The van der Waals surface area contributed by atoms with Gasteiger partial charge >= 0.3 is 0 Å². The van der Waals surface area contributed by atoms with E-state index in [9.17, 15) is 0 Å². The fraction of sp³-hybridized carbons (Fsp3) is 0.357. The van der Waals surface area contributed by atoms with Crippen LogP contribution in [-0.2, 0) is 17.7 Å². The largest absolute Gasteiger partial charge is 0.494 e. The lowest BCUT2D eigenvalue weighted by Gasteiger charge is -2.14. The molecule has 0 aliphatic carbocycles. The van der Waals surface area contributed by atoms with Gasteiger partial charge in [0.05, 0.1) is 19.2 Å². The topological polar surface area (TPSA) is 49.2 Å². The Morgan fingerprint density at radius 1 is 1.00 bits per heavy atom. The van der Waals surface area contributed by atoms with Gasteiger partial charge < -0.3 is 14.0 Å². The maximum Gasteiger partial charge on any atom is 0.145 e. The number of aromatic nitrogens is 3. The number of ether oxygens (including phenoxy) is 2. The molecule has 2 heterocycles. The highest BCUT2D eigenvalue weighted by molar-refractivity contribution is 5.90. The Morgan fingerprint density at radius 2 is 1.76 bits per heavy atom. The van der Waals surface area contributed by atoms with Crippen LogP contribution in [0.3, 0.4) is 0 Å². The molecule has 0 fully saturated rings. The first-order chi connectivity index (χ1) is 15.9. The van der Waals surface area contributed by atoms with Crippen LogP contribution in [-0.4, -0.2) is 35.4 Å². The summed E-state index contributed by atoms with van der Waals surface area (Å²) >= 11 is 0. The van der Waals surface area contributed by atoms with Crippen LogP contribution in [0.5, 0.6) is 5.75 Å². The lowest BCUT2D eigenvalue weighted by molar-refractivity contribution is 0.188. The number of fused-ring (bicyclic) bond motifs is 1. The SMILES string of the molecule is COCCn1c(-c2ccc(C(C)C)cc2)nc2c(C)c(Cc3cccnc3C)cc(OC)c21. The molecule has 2 aromatic carbocycles. The van der Waals surface area contributed by atoms with Crippen molar-refractivity contribution in [3.8, 4) is 17.1 Å². The molecule has 5 nitrogen and oxygen atoms in total. The molecule has 33 heavy (non-hydrogen) atoms. The molecule has 5 heteroatoms. The van der Waals surface area contributed by atoms with Crippen LogP contribution in [0.15, 0.2) is 48.7 Å². The van der Waals surface area contributed by atoms with Crippen molar-refractivity contribution in [2.75, 3.05) is 20.8 Å². The second kappa shape index (κ2) is 9.75. The summed E-state index contributed by atoms with van der Waals surface area (Å²) in [4.78, 5) is 9.61. The third kappa shape index (κ3) is 4.51. The Bertz CT molecular complexity index is 1260. The number of nitrogens with zero attached hydrogens (tertiary/aromatic N) is 3. The van der Waals surface area contributed by atoms with Crippen molar-refractivity contribution in [1.29, 1.82) is 0 Å². The number of aryl methyl sites for hydroxylation is 2. The summed E-state index contributed by atoms with van der Waals surface area (Å²) in [5, 5.41) is 0. The van der Waals surface area contributed by atoms with E-state index in [-0.39, 0.29) is 0 Å². The van der Waals surface area contributed by atoms with E-state index in [1.807, 2.05) is 12.3 Å². The summed E-state index contributed by atoms with van der Waals surface area (Å²) in [6.45, 7) is 9.93.